The molecule has 1 aliphatic heterocycles. The van der Waals surface area contributed by atoms with Crippen LogP contribution in [0.4, 0.5) is 11.4 Å². The third-order valence-electron chi connectivity index (χ3n) is 3.35. The number of carbonyl (C=O) groups excluding carboxylic acids is 2. The number of phenols is 1. The highest BCUT2D eigenvalue weighted by molar-refractivity contribution is 6.23. The van der Waals surface area contributed by atoms with Gasteiger partial charge < -0.3 is 10.4 Å². The van der Waals surface area contributed by atoms with Crippen molar-refractivity contribution < 1.29 is 14.7 Å². The number of carbonyl (C=O) groups is 2. The van der Waals surface area contributed by atoms with Crippen LogP contribution in [0.25, 0.3) is 0 Å². The molecule has 1 aliphatic rings. The first-order valence-electron chi connectivity index (χ1n) is 6.62. The van der Waals surface area contributed by atoms with Gasteiger partial charge in [-0.15, -0.1) is 0 Å². The normalized spacial score (nSPS) is 18.1. The van der Waals surface area contributed by atoms with Crippen molar-refractivity contribution in [1.29, 1.82) is 0 Å². The zero-order chi connectivity index (χ0) is 14.8. The zero-order valence-electron chi connectivity index (χ0n) is 11.2. The molecule has 2 amide bonds. The topological polar surface area (TPSA) is 69.6 Å². The van der Waals surface area contributed by atoms with Crippen LogP contribution < -0.4 is 10.2 Å². The smallest absolute Gasteiger partial charge is 0.256 e. The van der Waals surface area contributed by atoms with Crippen molar-refractivity contribution in [3.63, 3.8) is 0 Å². The Balaban J connectivity index is 1.82. The minimum absolute atomic E-state index is 0.0209. The summed E-state index contributed by atoms with van der Waals surface area (Å²) in [4.78, 5) is 25.6. The van der Waals surface area contributed by atoms with Gasteiger partial charge in [0.2, 0.25) is 5.91 Å². The Kier molecular flexibility index (Phi) is 3.31. The van der Waals surface area contributed by atoms with Gasteiger partial charge >= 0.3 is 0 Å². The fraction of sp³-hybridized carbons (Fsp3) is 0.125. The maximum Gasteiger partial charge on any atom is 0.256 e. The van der Waals surface area contributed by atoms with Crippen LogP contribution in [0.15, 0.2) is 54.6 Å². The van der Waals surface area contributed by atoms with E-state index < -0.39 is 6.04 Å². The number of imide groups is 1. The highest BCUT2D eigenvalue weighted by Gasteiger charge is 2.39. The molecule has 1 unspecified atom stereocenters. The van der Waals surface area contributed by atoms with Gasteiger partial charge in [0, 0.05) is 11.8 Å². The summed E-state index contributed by atoms with van der Waals surface area (Å²) >= 11 is 0. The number of hydrogen-bond acceptors (Lipinski definition) is 4. The van der Waals surface area contributed by atoms with Gasteiger partial charge in [-0.3, -0.25) is 9.59 Å². The maximum atomic E-state index is 12.4. The fourth-order valence-corrected chi connectivity index (χ4v) is 2.38. The molecule has 2 aromatic carbocycles. The molecular weight excluding hydrogens is 268 g/mol. The molecule has 1 atom stereocenters. The molecule has 2 aromatic rings. The van der Waals surface area contributed by atoms with Crippen molar-refractivity contribution in [2.75, 3.05) is 10.2 Å². The Bertz CT molecular complexity index is 685. The van der Waals surface area contributed by atoms with Gasteiger partial charge in [-0.25, -0.2) is 4.90 Å². The summed E-state index contributed by atoms with van der Waals surface area (Å²) < 4.78 is 0. The second-order valence-electron chi connectivity index (χ2n) is 4.85. The fourth-order valence-electron chi connectivity index (χ4n) is 2.38. The number of phenolic OH excluding ortho intramolecular Hbond substituents is 1. The van der Waals surface area contributed by atoms with Crippen molar-refractivity contribution in [3.05, 3.63) is 54.6 Å². The first kappa shape index (κ1) is 13.2. The van der Waals surface area contributed by atoms with Crippen molar-refractivity contribution in [2.45, 2.75) is 12.5 Å². The highest BCUT2D eigenvalue weighted by atomic mass is 16.3. The maximum absolute atomic E-state index is 12.4. The largest absolute Gasteiger partial charge is 0.508 e. The number of benzene rings is 2. The van der Waals surface area contributed by atoms with Gasteiger partial charge in [-0.2, -0.15) is 0 Å². The van der Waals surface area contributed by atoms with Crippen LogP contribution in [0.3, 0.4) is 0 Å². The molecule has 106 valence electrons. The van der Waals surface area contributed by atoms with Crippen LogP contribution in [-0.2, 0) is 9.59 Å². The molecular formula is C16H14N2O3. The summed E-state index contributed by atoms with van der Waals surface area (Å²) in [5.41, 5.74) is 1.18. The monoisotopic (exact) mass is 282 g/mol. The highest BCUT2D eigenvalue weighted by Crippen LogP contribution is 2.27. The Hall–Kier alpha value is -2.82. The van der Waals surface area contributed by atoms with E-state index in [4.69, 9.17) is 0 Å². The predicted molar refractivity (Wildman–Crippen MR) is 79.1 cm³/mol. The first-order chi connectivity index (χ1) is 10.1. The van der Waals surface area contributed by atoms with Gasteiger partial charge in [0.15, 0.2) is 0 Å². The molecule has 0 spiro atoms. The molecule has 0 bridgehead atoms. The Morgan fingerprint density at radius 2 is 1.81 bits per heavy atom. The number of para-hydroxylation sites is 1. The molecule has 0 radical (unpaired) electrons. The molecule has 0 saturated carbocycles. The van der Waals surface area contributed by atoms with Crippen LogP contribution in [-0.4, -0.2) is 23.0 Å². The summed E-state index contributed by atoms with van der Waals surface area (Å²) in [6.45, 7) is 0. The van der Waals surface area contributed by atoms with E-state index >= 15 is 0 Å². The van der Waals surface area contributed by atoms with Gasteiger partial charge in [0.1, 0.15) is 11.8 Å². The lowest BCUT2D eigenvalue weighted by Gasteiger charge is -2.16. The number of amides is 2. The van der Waals surface area contributed by atoms with Crippen LogP contribution in [0.1, 0.15) is 6.42 Å². The Labute approximate surface area is 121 Å². The van der Waals surface area contributed by atoms with Gasteiger partial charge in [-0.1, -0.05) is 24.3 Å². The molecule has 21 heavy (non-hydrogen) atoms. The number of hydrogen-bond donors (Lipinski definition) is 2. The van der Waals surface area contributed by atoms with E-state index in [2.05, 4.69) is 5.32 Å². The van der Waals surface area contributed by atoms with E-state index in [0.29, 0.717) is 5.69 Å². The van der Waals surface area contributed by atoms with E-state index in [-0.39, 0.29) is 24.0 Å². The van der Waals surface area contributed by atoms with Crippen LogP contribution in [0, 0.1) is 0 Å². The molecule has 1 heterocycles. The lowest BCUT2D eigenvalue weighted by molar-refractivity contribution is -0.121. The average molecular weight is 282 g/mol. The second kappa shape index (κ2) is 5.28. The summed E-state index contributed by atoms with van der Waals surface area (Å²) in [5, 5.41) is 12.5. The molecule has 2 N–H and O–H groups in total. The molecule has 1 saturated heterocycles. The molecule has 5 heteroatoms. The van der Waals surface area contributed by atoms with Crippen LogP contribution >= 0.6 is 0 Å². The van der Waals surface area contributed by atoms with Gasteiger partial charge in [0.25, 0.3) is 5.91 Å². The van der Waals surface area contributed by atoms with Crippen molar-refractivity contribution in [1.82, 2.24) is 0 Å². The summed E-state index contributed by atoms with van der Waals surface area (Å²) in [6.07, 6.45) is 0.101. The predicted octanol–water partition coefficient (Wildman–Crippen LogP) is 2.14. The van der Waals surface area contributed by atoms with E-state index in [0.717, 1.165) is 10.6 Å². The van der Waals surface area contributed by atoms with Gasteiger partial charge in [-0.05, 0) is 24.3 Å². The quantitative estimate of drug-likeness (QED) is 0.846. The first-order valence-corrected chi connectivity index (χ1v) is 6.62. The van der Waals surface area contributed by atoms with Gasteiger partial charge in [0.05, 0.1) is 12.1 Å². The number of anilines is 2. The molecule has 0 aliphatic carbocycles. The minimum Gasteiger partial charge on any atom is -0.508 e. The minimum atomic E-state index is -0.581. The average Bonchev–Trinajstić information content (AvgIpc) is 2.74. The van der Waals surface area contributed by atoms with Crippen LogP contribution in [0.5, 0.6) is 5.75 Å². The van der Waals surface area contributed by atoms with E-state index in [1.54, 1.807) is 12.1 Å². The molecule has 3 rings (SSSR count). The standard InChI is InChI=1S/C16H14N2O3/c19-13-8-4-7-12(9-13)18-15(20)10-14(16(18)21)17-11-5-2-1-3-6-11/h1-9,14,17,19H,10H2. The molecule has 1 fully saturated rings. The lowest BCUT2D eigenvalue weighted by atomic mass is 10.2. The number of aromatic hydroxyl groups is 1. The van der Waals surface area contributed by atoms with E-state index in [1.165, 1.54) is 12.1 Å². The number of rotatable bonds is 3. The van der Waals surface area contributed by atoms with Crippen molar-refractivity contribution in [2.24, 2.45) is 0 Å². The molecule has 0 aromatic heterocycles. The lowest BCUT2D eigenvalue weighted by Crippen LogP contribution is -2.34. The van der Waals surface area contributed by atoms with E-state index in [1.807, 2.05) is 30.3 Å². The molecule has 5 nitrogen and oxygen atoms in total. The number of nitrogens with zero attached hydrogens (tertiary/aromatic N) is 1. The second-order valence-corrected chi connectivity index (χ2v) is 4.85. The van der Waals surface area contributed by atoms with Crippen molar-refractivity contribution in [3.8, 4) is 5.75 Å². The van der Waals surface area contributed by atoms with Crippen LogP contribution in [0.2, 0.25) is 0 Å². The Morgan fingerprint density at radius 1 is 1.05 bits per heavy atom. The van der Waals surface area contributed by atoms with E-state index in [9.17, 15) is 14.7 Å². The third kappa shape index (κ3) is 2.58. The zero-order valence-corrected chi connectivity index (χ0v) is 11.2. The van der Waals surface area contributed by atoms with Crippen molar-refractivity contribution >= 4 is 23.2 Å². The summed E-state index contributed by atoms with van der Waals surface area (Å²) in [5.74, 6) is -0.568. The SMILES string of the molecule is O=C1CC(Nc2ccccc2)C(=O)N1c1cccc(O)c1. The third-order valence-corrected chi connectivity index (χ3v) is 3.35. The summed E-state index contributed by atoms with van der Waals surface area (Å²) in [7, 11) is 0. The Morgan fingerprint density at radius 3 is 2.52 bits per heavy atom. The number of nitrogens with one attached hydrogen (secondary N) is 1. The summed E-state index contributed by atoms with van der Waals surface area (Å²) in [6, 6.07) is 14.8.